The molecule has 1 heterocycles. The first-order valence-corrected chi connectivity index (χ1v) is 7.51. The minimum absolute atomic E-state index is 0.0659. The van der Waals surface area contributed by atoms with Gasteiger partial charge >= 0.3 is 0 Å². The van der Waals surface area contributed by atoms with E-state index in [0.717, 1.165) is 19.3 Å². The molecular weight excluding hydrogens is 228 g/mol. The summed E-state index contributed by atoms with van der Waals surface area (Å²) in [4.78, 5) is 13.9. The van der Waals surface area contributed by atoms with Gasteiger partial charge in [0, 0.05) is 19.6 Å². The van der Waals surface area contributed by atoms with Crippen LogP contribution in [0.4, 0.5) is 0 Å². The topological polar surface area (TPSA) is 80.5 Å². The molecule has 16 heavy (non-hydrogen) atoms. The zero-order valence-electron chi connectivity index (χ0n) is 9.31. The van der Waals surface area contributed by atoms with Crippen molar-refractivity contribution in [1.29, 1.82) is 0 Å². The van der Waals surface area contributed by atoms with Crippen LogP contribution in [0.25, 0.3) is 0 Å². The summed E-state index contributed by atoms with van der Waals surface area (Å²) >= 11 is 0. The van der Waals surface area contributed by atoms with Gasteiger partial charge in [0.1, 0.15) is 0 Å². The SMILES string of the molecule is NCC1(C(=O)N2CCS(=O)(=O)CC2)CCC1. The normalized spacial score (nSPS) is 27.2. The smallest absolute Gasteiger partial charge is 0.230 e. The van der Waals surface area contributed by atoms with Crippen molar-refractivity contribution < 1.29 is 13.2 Å². The van der Waals surface area contributed by atoms with Gasteiger partial charge in [-0.25, -0.2) is 8.42 Å². The molecule has 0 unspecified atom stereocenters. The number of carbonyl (C=O) groups is 1. The predicted molar refractivity (Wildman–Crippen MR) is 60.6 cm³/mol. The molecule has 1 aliphatic heterocycles. The van der Waals surface area contributed by atoms with Crippen molar-refractivity contribution in [3.05, 3.63) is 0 Å². The van der Waals surface area contributed by atoms with Gasteiger partial charge in [0.25, 0.3) is 0 Å². The summed E-state index contributed by atoms with van der Waals surface area (Å²) in [5, 5.41) is 0. The van der Waals surface area contributed by atoms with E-state index in [0.29, 0.717) is 19.6 Å². The Morgan fingerprint density at radius 3 is 2.19 bits per heavy atom. The first kappa shape index (κ1) is 11.9. The van der Waals surface area contributed by atoms with E-state index < -0.39 is 9.84 Å². The maximum absolute atomic E-state index is 12.2. The van der Waals surface area contributed by atoms with Gasteiger partial charge in [0.2, 0.25) is 5.91 Å². The number of nitrogens with zero attached hydrogens (tertiary/aromatic N) is 1. The molecule has 0 aromatic rings. The van der Waals surface area contributed by atoms with Crippen molar-refractivity contribution in [2.24, 2.45) is 11.1 Å². The van der Waals surface area contributed by atoms with Gasteiger partial charge in [-0.3, -0.25) is 4.79 Å². The molecule has 0 aromatic heterocycles. The third-order valence-corrected chi connectivity index (χ3v) is 5.40. The number of hydrogen-bond acceptors (Lipinski definition) is 4. The molecule has 2 N–H and O–H groups in total. The van der Waals surface area contributed by atoms with Crippen molar-refractivity contribution in [2.75, 3.05) is 31.1 Å². The molecule has 2 aliphatic rings. The van der Waals surface area contributed by atoms with Crippen LogP contribution in [0.5, 0.6) is 0 Å². The fourth-order valence-corrected chi connectivity index (χ4v) is 3.56. The summed E-state index contributed by atoms with van der Waals surface area (Å²) in [6, 6.07) is 0. The van der Waals surface area contributed by atoms with Gasteiger partial charge in [0.05, 0.1) is 16.9 Å². The van der Waals surface area contributed by atoms with Crippen LogP contribution >= 0.6 is 0 Å². The van der Waals surface area contributed by atoms with Crippen molar-refractivity contribution in [3.63, 3.8) is 0 Å². The van der Waals surface area contributed by atoms with Gasteiger partial charge in [0.15, 0.2) is 9.84 Å². The highest BCUT2D eigenvalue weighted by molar-refractivity contribution is 7.91. The standard InChI is InChI=1S/C10H18N2O3S/c11-8-10(2-1-3-10)9(13)12-4-6-16(14,15)7-5-12/h1-8,11H2. The van der Waals surface area contributed by atoms with Crippen LogP contribution in [0.15, 0.2) is 0 Å². The van der Waals surface area contributed by atoms with Crippen LogP contribution in [0, 0.1) is 5.41 Å². The average molecular weight is 246 g/mol. The monoisotopic (exact) mass is 246 g/mol. The Morgan fingerprint density at radius 1 is 1.25 bits per heavy atom. The molecule has 6 heteroatoms. The second kappa shape index (κ2) is 4.00. The molecule has 5 nitrogen and oxygen atoms in total. The maximum Gasteiger partial charge on any atom is 0.230 e. The van der Waals surface area contributed by atoms with Gasteiger partial charge in [-0.2, -0.15) is 0 Å². The first-order chi connectivity index (χ1) is 7.49. The third-order valence-electron chi connectivity index (χ3n) is 3.79. The molecule has 0 atom stereocenters. The molecule has 0 radical (unpaired) electrons. The molecule has 2 fully saturated rings. The lowest BCUT2D eigenvalue weighted by molar-refractivity contribution is -0.146. The van der Waals surface area contributed by atoms with E-state index in [4.69, 9.17) is 5.73 Å². The average Bonchev–Trinajstić information content (AvgIpc) is 2.16. The second-order valence-electron chi connectivity index (χ2n) is 4.78. The summed E-state index contributed by atoms with van der Waals surface area (Å²) in [7, 11) is -2.92. The molecule has 92 valence electrons. The van der Waals surface area contributed by atoms with Crippen LogP contribution in [-0.4, -0.2) is 50.4 Å². The minimum atomic E-state index is -2.92. The first-order valence-electron chi connectivity index (χ1n) is 5.69. The van der Waals surface area contributed by atoms with Gasteiger partial charge < -0.3 is 10.6 Å². The summed E-state index contributed by atoms with van der Waals surface area (Å²) in [6.45, 7) is 1.06. The van der Waals surface area contributed by atoms with E-state index in [2.05, 4.69) is 0 Å². The van der Waals surface area contributed by atoms with E-state index in [1.54, 1.807) is 4.90 Å². The number of sulfone groups is 1. The van der Waals surface area contributed by atoms with Crippen molar-refractivity contribution in [1.82, 2.24) is 4.90 Å². The van der Waals surface area contributed by atoms with Crippen molar-refractivity contribution in [3.8, 4) is 0 Å². The van der Waals surface area contributed by atoms with Gasteiger partial charge in [-0.05, 0) is 12.8 Å². The fourth-order valence-electron chi connectivity index (χ4n) is 2.36. The Kier molecular flexibility index (Phi) is 2.96. The van der Waals surface area contributed by atoms with E-state index in [-0.39, 0.29) is 22.8 Å². The second-order valence-corrected chi connectivity index (χ2v) is 7.09. The molecule has 0 bridgehead atoms. The molecular formula is C10H18N2O3S. The number of carbonyl (C=O) groups excluding carboxylic acids is 1. The Morgan fingerprint density at radius 2 is 1.81 bits per heavy atom. The lowest BCUT2D eigenvalue weighted by atomic mass is 9.68. The summed E-state index contributed by atoms with van der Waals surface area (Å²) in [6.07, 6.45) is 2.76. The fraction of sp³-hybridized carbons (Fsp3) is 0.900. The summed E-state index contributed by atoms with van der Waals surface area (Å²) in [5.74, 6) is 0.259. The highest BCUT2D eigenvalue weighted by atomic mass is 32.2. The van der Waals surface area contributed by atoms with Crippen LogP contribution in [0.1, 0.15) is 19.3 Å². The van der Waals surface area contributed by atoms with E-state index in [9.17, 15) is 13.2 Å². The quantitative estimate of drug-likeness (QED) is 0.703. The lowest BCUT2D eigenvalue weighted by Crippen LogP contribution is -2.55. The zero-order valence-corrected chi connectivity index (χ0v) is 10.1. The lowest BCUT2D eigenvalue weighted by Gasteiger charge is -2.43. The van der Waals surface area contributed by atoms with Crippen LogP contribution in [0.2, 0.25) is 0 Å². The minimum Gasteiger partial charge on any atom is -0.340 e. The zero-order chi connectivity index (χ0) is 11.8. The van der Waals surface area contributed by atoms with Crippen LogP contribution in [-0.2, 0) is 14.6 Å². The highest BCUT2D eigenvalue weighted by Crippen LogP contribution is 2.41. The van der Waals surface area contributed by atoms with E-state index in [1.807, 2.05) is 0 Å². The van der Waals surface area contributed by atoms with E-state index >= 15 is 0 Å². The number of hydrogen-bond donors (Lipinski definition) is 1. The van der Waals surface area contributed by atoms with E-state index in [1.165, 1.54) is 0 Å². The summed E-state index contributed by atoms with van der Waals surface area (Å²) < 4.78 is 22.5. The number of nitrogens with two attached hydrogens (primary N) is 1. The summed E-state index contributed by atoms with van der Waals surface area (Å²) in [5.41, 5.74) is 5.29. The molecule has 0 spiro atoms. The largest absolute Gasteiger partial charge is 0.340 e. The third kappa shape index (κ3) is 1.96. The Bertz CT molecular complexity index is 367. The highest BCUT2D eigenvalue weighted by Gasteiger charge is 2.45. The number of rotatable bonds is 2. The molecule has 0 aromatic carbocycles. The Balaban J connectivity index is 2.01. The van der Waals surface area contributed by atoms with Gasteiger partial charge in [-0.15, -0.1) is 0 Å². The Hall–Kier alpha value is -0.620. The molecule has 2 rings (SSSR count). The van der Waals surface area contributed by atoms with Crippen LogP contribution in [0.3, 0.4) is 0 Å². The Labute approximate surface area is 95.9 Å². The molecule has 1 saturated carbocycles. The molecule has 1 aliphatic carbocycles. The maximum atomic E-state index is 12.2. The number of amides is 1. The molecule has 1 saturated heterocycles. The van der Waals surface area contributed by atoms with Crippen molar-refractivity contribution >= 4 is 15.7 Å². The van der Waals surface area contributed by atoms with Crippen molar-refractivity contribution in [2.45, 2.75) is 19.3 Å². The molecule has 1 amide bonds. The van der Waals surface area contributed by atoms with Gasteiger partial charge in [-0.1, -0.05) is 6.42 Å². The predicted octanol–water partition coefficient (Wildman–Crippen LogP) is -0.628. The van der Waals surface area contributed by atoms with Crippen LogP contribution < -0.4 is 5.73 Å².